The highest BCUT2D eigenvalue weighted by molar-refractivity contribution is 5.69. The molecule has 0 atom stereocenters. The van der Waals surface area contributed by atoms with Gasteiger partial charge in [-0.3, -0.25) is 24.3 Å². The van der Waals surface area contributed by atoms with Crippen molar-refractivity contribution in [1.82, 2.24) is 24.5 Å². The second-order valence-electron chi connectivity index (χ2n) is 4.57. The van der Waals surface area contributed by atoms with Gasteiger partial charge in [0.25, 0.3) is 5.56 Å². The maximum Gasteiger partial charge on any atom is 0.252 e. The molecule has 100 valence electrons. The molecule has 0 fully saturated rings. The molecule has 0 aliphatic carbocycles. The normalized spacial score (nSPS) is 10.9. The minimum atomic E-state index is -0.123. The number of hydrogen-bond donors (Lipinski definition) is 0. The molecule has 0 bridgehead atoms. The van der Waals surface area contributed by atoms with E-state index in [1.54, 1.807) is 29.2 Å². The molecule has 20 heavy (non-hydrogen) atoms. The largest absolute Gasteiger partial charge is 0.285 e. The number of aromatic nitrogens is 5. The summed E-state index contributed by atoms with van der Waals surface area (Å²) in [7, 11) is 0. The molecule has 6 nitrogen and oxygen atoms in total. The molecule has 0 radical (unpaired) electrons. The van der Waals surface area contributed by atoms with Crippen LogP contribution < -0.4 is 5.56 Å². The van der Waals surface area contributed by atoms with Gasteiger partial charge in [-0.15, -0.1) is 0 Å². The van der Waals surface area contributed by atoms with Crippen LogP contribution >= 0.6 is 0 Å². The number of hydrogen-bond acceptors (Lipinski definition) is 5. The summed E-state index contributed by atoms with van der Waals surface area (Å²) in [4.78, 5) is 29.3. The summed E-state index contributed by atoms with van der Waals surface area (Å²) in [6, 6.07) is 3.18. The van der Waals surface area contributed by atoms with Crippen molar-refractivity contribution in [1.29, 1.82) is 0 Å². The molecule has 0 unspecified atom stereocenters. The summed E-state index contributed by atoms with van der Waals surface area (Å²) in [5.41, 5.74) is 3.47. The lowest BCUT2D eigenvalue weighted by Gasteiger charge is -2.09. The molecule has 3 aromatic rings. The molecular formula is C14H13N5O. The van der Waals surface area contributed by atoms with Gasteiger partial charge in [0.05, 0.1) is 23.6 Å². The summed E-state index contributed by atoms with van der Waals surface area (Å²) < 4.78 is 1.58. The standard InChI is InChI=1S/C14H13N5O/c1-9-7-17-11-3-4-13(20)19(14(11)18-9)8-12-10(2)15-5-6-16-12/h3-7H,8H2,1-2H3. The Kier molecular flexibility index (Phi) is 2.98. The first kappa shape index (κ1) is 12.4. The molecule has 0 N–H and O–H groups in total. The van der Waals surface area contributed by atoms with Gasteiger partial charge < -0.3 is 0 Å². The van der Waals surface area contributed by atoms with E-state index in [2.05, 4.69) is 19.9 Å². The van der Waals surface area contributed by atoms with Crippen molar-refractivity contribution < 1.29 is 0 Å². The molecular weight excluding hydrogens is 254 g/mol. The van der Waals surface area contributed by atoms with E-state index in [-0.39, 0.29) is 5.56 Å². The highest BCUT2D eigenvalue weighted by Crippen LogP contribution is 2.09. The van der Waals surface area contributed by atoms with E-state index in [1.807, 2.05) is 13.8 Å². The van der Waals surface area contributed by atoms with Crippen molar-refractivity contribution in [2.45, 2.75) is 20.4 Å². The van der Waals surface area contributed by atoms with Gasteiger partial charge in [0.15, 0.2) is 5.65 Å². The Labute approximate surface area is 115 Å². The lowest BCUT2D eigenvalue weighted by atomic mass is 10.3. The predicted molar refractivity (Wildman–Crippen MR) is 74.4 cm³/mol. The van der Waals surface area contributed by atoms with Crippen LogP contribution in [-0.2, 0) is 6.54 Å². The molecule has 3 aromatic heterocycles. The molecule has 0 aromatic carbocycles. The average molecular weight is 267 g/mol. The van der Waals surface area contributed by atoms with Gasteiger partial charge >= 0.3 is 0 Å². The number of nitrogens with zero attached hydrogens (tertiary/aromatic N) is 5. The lowest BCUT2D eigenvalue weighted by Crippen LogP contribution is -2.22. The minimum absolute atomic E-state index is 0.123. The molecule has 0 aliphatic rings. The first-order valence-electron chi connectivity index (χ1n) is 6.25. The fourth-order valence-electron chi connectivity index (χ4n) is 2.03. The third-order valence-electron chi connectivity index (χ3n) is 3.10. The molecule has 0 saturated heterocycles. The van der Waals surface area contributed by atoms with Crippen LogP contribution in [0.2, 0.25) is 0 Å². The van der Waals surface area contributed by atoms with Crippen LogP contribution in [0.1, 0.15) is 17.1 Å². The second kappa shape index (κ2) is 4.80. The topological polar surface area (TPSA) is 73.6 Å². The van der Waals surface area contributed by atoms with Crippen LogP contribution in [0.15, 0.2) is 35.5 Å². The number of fused-ring (bicyclic) bond motifs is 1. The van der Waals surface area contributed by atoms with Gasteiger partial charge in [-0.05, 0) is 19.9 Å². The van der Waals surface area contributed by atoms with Gasteiger partial charge in [-0.2, -0.15) is 0 Å². The van der Waals surface area contributed by atoms with E-state index in [0.29, 0.717) is 17.7 Å². The first-order valence-corrected chi connectivity index (χ1v) is 6.25. The van der Waals surface area contributed by atoms with E-state index in [0.717, 1.165) is 17.1 Å². The summed E-state index contributed by atoms with van der Waals surface area (Å²) in [5, 5.41) is 0. The summed E-state index contributed by atoms with van der Waals surface area (Å²) >= 11 is 0. The highest BCUT2D eigenvalue weighted by Gasteiger charge is 2.09. The Balaban J connectivity index is 2.20. The van der Waals surface area contributed by atoms with Crippen LogP contribution in [0.4, 0.5) is 0 Å². The fraction of sp³-hybridized carbons (Fsp3) is 0.214. The van der Waals surface area contributed by atoms with E-state index in [9.17, 15) is 4.79 Å². The zero-order valence-corrected chi connectivity index (χ0v) is 11.2. The quantitative estimate of drug-likeness (QED) is 0.698. The maximum absolute atomic E-state index is 12.1. The predicted octanol–water partition coefficient (Wildman–Crippen LogP) is 1.25. The Morgan fingerprint density at radius 3 is 2.70 bits per heavy atom. The summed E-state index contributed by atoms with van der Waals surface area (Å²) in [6.45, 7) is 4.06. The number of rotatable bonds is 2. The third-order valence-corrected chi connectivity index (χ3v) is 3.10. The van der Waals surface area contributed by atoms with E-state index < -0.39 is 0 Å². The minimum Gasteiger partial charge on any atom is -0.285 e. The van der Waals surface area contributed by atoms with Gasteiger partial charge in [-0.1, -0.05) is 0 Å². The Morgan fingerprint density at radius 2 is 1.90 bits per heavy atom. The highest BCUT2D eigenvalue weighted by atomic mass is 16.1. The Bertz CT molecular complexity index is 840. The average Bonchev–Trinajstić information content (AvgIpc) is 2.44. The molecule has 3 rings (SSSR count). The number of aryl methyl sites for hydroxylation is 2. The maximum atomic E-state index is 12.1. The zero-order valence-electron chi connectivity index (χ0n) is 11.2. The second-order valence-corrected chi connectivity index (χ2v) is 4.57. The van der Waals surface area contributed by atoms with E-state index in [1.165, 1.54) is 6.07 Å². The van der Waals surface area contributed by atoms with Crippen LogP contribution in [0, 0.1) is 13.8 Å². The lowest BCUT2D eigenvalue weighted by molar-refractivity contribution is 0.744. The van der Waals surface area contributed by atoms with E-state index >= 15 is 0 Å². The van der Waals surface area contributed by atoms with Crippen LogP contribution in [-0.4, -0.2) is 24.5 Å². The van der Waals surface area contributed by atoms with Crippen molar-refractivity contribution in [2.75, 3.05) is 0 Å². The van der Waals surface area contributed by atoms with Crippen LogP contribution in [0.25, 0.3) is 11.2 Å². The van der Waals surface area contributed by atoms with Gasteiger partial charge in [-0.25, -0.2) is 4.98 Å². The van der Waals surface area contributed by atoms with Gasteiger partial charge in [0, 0.05) is 24.7 Å². The Hall–Kier alpha value is -2.63. The van der Waals surface area contributed by atoms with Crippen LogP contribution in [0.5, 0.6) is 0 Å². The van der Waals surface area contributed by atoms with Crippen molar-refractivity contribution in [2.24, 2.45) is 0 Å². The zero-order chi connectivity index (χ0) is 14.1. The van der Waals surface area contributed by atoms with Gasteiger partial charge in [0.1, 0.15) is 5.52 Å². The monoisotopic (exact) mass is 267 g/mol. The molecule has 0 spiro atoms. The van der Waals surface area contributed by atoms with Gasteiger partial charge in [0.2, 0.25) is 0 Å². The van der Waals surface area contributed by atoms with Crippen molar-refractivity contribution in [3.8, 4) is 0 Å². The molecule has 6 heteroatoms. The smallest absolute Gasteiger partial charge is 0.252 e. The van der Waals surface area contributed by atoms with Crippen molar-refractivity contribution in [3.63, 3.8) is 0 Å². The van der Waals surface area contributed by atoms with E-state index in [4.69, 9.17) is 0 Å². The number of pyridine rings is 1. The fourth-order valence-corrected chi connectivity index (χ4v) is 2.03. The van der Waals surface area contributed by atoms with Crippen LogP contribution in [0.3, 0.4) is 0 Å². The molecule has 0 saturated carbocycles. The first-order chi connectivity index (χ1) is 9.65. The third kappa shape index (κ3) is 2.16. The molecule has 0 aliphatic heterocycles. The Morgan fingerprint density at radius 1 is 1.10 bits per heavy atom. The summed E-state index contributed by atoms with van der Waals surface area (Å²) in [6.07, 6.45) is 4.94. The SMILES string of the molecule is Cc1cnc2ccc(=O)n(Cc3nccnc3C)c2n1. The summed E-state index contributed by atoms with van der Waals surface area (Å²) in [5.74, 6) is 0. The molecule has 0 amide bonds. The van der Waals surface area contributed by atoms with Crippen molar-refractivity contribution >= 4 is 11.2 Å². The van der Waals surface area contributed by atoms with Crippen molar-refractivity contribution in [3.05, 3.63) is 58.2 Å². The molecule has 3 heterocycles.